The van der Waals surface area contributed by atoms with Gasteiger partial charge in [0.1, 0.15) is 12.1 Å². The third kappa shape index (κ3) is 22.3. The number of hydrogen-bond donors (Lipinski definition) is 6. The van der Waals surface area contributed by atoms with E-state index < -0.39 is 17.9 Å². The maximum absolute atomic E-state index is 11.1. The number of alkyl halides is 1. The van der Waals surface area contributed by atoms with Crippen LogP contribution < -0.4 is 41.0 Å². The van der Waals surface area contributed by atoms with Gasteiger partial charge in [-0.1, -0.05) is 12.5 Å². The van der Waals surface area contributed by atoms with Crippen LogP contribution in [0.3, 0.4) is 0 Å². The molecule has 0 unspecified atom stereocenters. The van der Waals surface area contributed by atoms with E-state index in [9.17, 15) is 14.4 Å². The fourth-order valence-corrected chi connectivity index (χ4v) is 5.36. The van der Waals surface area contributed by atoms with Crippen LogP contribution in [-0.2, 0) is 29.2 Å². The number of carboxylic acids is 2. The van der Waals surface area contributed by atoms with Crippen molar-refractivity contribution in [1.29, 1.82) is 0 Å². The number of carbonyl (C=O) groups is 4. The molecule has 0 spiro atoms. The molecule has 8 N–H and O–H groups in total. The molecule has 0 bridgehead atoms. The van der Waals surface area contributed by atoms with Gasteiger partial charge in [0.15, 0.2) is 45.3 Å². The van der Waals surface area contributed by atoms with Crippen LogP contribution in [0.1, 0.15) is 64.3 Å². The molecule has 0 aliphatic heterocycles. The molecular formula is C46H52BClN22NaO9. The zero-order valence-corrected chi connectivity index (χ0v) is 45.0. The number of aromatic nitrogens is 17. The molecule has 0 amide bonds. The first-order valence-electron chi connectivity index (χ1n) is 21.9. The SMILES string of the molecule is C.CCO.COC(=O)c1ccc2nccn2n1.NCc1ccc2nccn2n1.Nc1ccc(C(=O)O)nn1.O=C(O)c1ccc2nccn2n1.O=CCCl.OCc1ccc2nccn2n1.[B].[H-].[N-]=[N+]=NCc1ccc2nccn2n1.[Na+]. The molecule has 0 saturated carbocycles. The summed E-state index contributed by atoms with van der Waals surface area (Å²) < 4.78 is 12.4. The largest absolute Gasteiger partial charge is 1.00 e. The number of aliphatic hydroxyl groups is 2. The van der Waals surface area contributed by atoms with Gasteiger partial charge in [0.2, 0.25) is 0 Å². The third-order valence-corrected chi connectivity index (χ3v) is 8.82. The Morgan fingerprint density at radius 1 is 0.650 bits per heavy atom. The zero-order chi connectivity index (χ0) is 56.0. The molecule has 0 aliphatic rings. The Hall–Kier alpha value is -9.40. The predicted octanol–water partition coefficient (Wildman–Crippen LogP) is 0.444. The summed E-state index contributed by atoms with van der Waals surface area (Å²) in [6.07, 6.45) is 17.4. The minimum Gasteiger partial charge on any atom is -1.00 e. The van der Waals surface area contributed by atoms with Crippen LogP contribution in [0.2, 0.25) is 0 Å². The summed E-state index contributed by atoms with van der Waals surface area (Å²) in [5.74, 6) is -2.27. The van der Waals surface area contributed by atoms with Crippen LogP contribution in [0.15, 0.2) is 140 Å². The number of aldehydes is 1. The van der Waals surface area contributed by atoms with Crippen molar-refractivity contribution in [1.82, 2.24) is 83.2 Å². The Kier molecular flexibility index (Phi) is 32.1. The second-order valence-electron chi connectivity index (χ2n) is 13.9. The number of imidazole rings is 5. The number of aromatic carboxylic acids is 2. The quantitative estimate of drug-likeness (QED) is 0.0229. The van der Waals surface area contributed by atoms with Crippen molar-refractivity contribution in [2.24, 2.45) is 10.8 Å². The summed E-state index contributed by atoms with van der Waals surface area (Å²) in [7, 11) is 1.32. The monoisotopic (exact) mass is 1130 g/mol. The molecule has 11 aromatic rings. The Bertz CT molecular complexity index is 3580. The number of rotatable bonds is 8. The van der Waals surface area contributed by atoms with E-state index >= 15 is 0 Å². The Morgan fingerprint density at radius 3 is 1.39 bits per heavy atom. The van der Waals surface area contributed by atoms with E-state index in [2.05, 4.69) is 75.4 Å². The van der Waals surface area contributed by atoms with Crippen LogP contribution in [0.25, 0.3) is 38.7 Å². The molecule has 0 atom stereocenters. The number of carbonyl (C=O) groups excluding carboxylic acids is 2. The molecular weight excluding hydrogens is 1070 g/mol. The van der Waals surface area contributed by atoms with Gasteiger partial charge in [-0.05, 0) is 85.3 Å². The number of ether oxygens (including phenoxy) is 1. The van der Waals surface area contributed by atoms with Crippen molar-refractivity contribution >= 4 is 78.3 Å². The van der Waals surface area contributed by atoms with E-state index in [1.54, 1.807) is 113 Å². The molecule has 411 valence electrons. The Balaban J connectivity index is 0.000000919. The number of carboxylic acid groups (broad SMARTS) is 2. The van der Waals surface area contributed by atoms with Crippen LogP contribution >= 0.6 is 11.6 Å². The number of halogens is 1. The molecule has 0 aliphatic carbocycles. The summed E-state index contributed by atoms with van der Waals surface area (Å²) in [6, 6.07) is 20.0. The van der Waals surface area contributed by atoms with E-state index in [1.165, 1.54) is 34.3 Å². The normalized spacial score (nSPS) is 9.43. The van der Waals surface area contributed by atoms with Crippen LogP contribution in [0, 0.1) is 0 Å². The van der Waals surface area contributed by atoms with Crippen LogP contribution in [-0.4, -0.2) is 156 Å². The number of nitrogens with two attached hydrogens (primary N) is 2. The summed E-state index contributed by atoms with van der Waals surface area (Å²) in [4.78, 5) is 63.4. The topological polar surface area (TPSA) is 436 Å². The summed E-state index contributed by atoms with van der Waals surface area (Å²) in [6.45, 7) is 2.63. The van der Waals surface area contributed by atoms with Gasteiger partial charge in [-0.3, -0.25) is 0 Å². The van der Waals surface area contributed by atoms with Crippen molar-refractivity contribution < 1.29 is 75.3 Å². The standard InChI is InChI=1S/C8H7N3O2.C7H6N6.C7H8N4.C7H5N3O2.C7H7N3O.C5H5N3O2.C2H3ClO.C2H6O.CH4.B.Na.H/c1-13-8(12)6-2-3-7-9-4-5-11(7)10-6;8-12-10-5-6-1-2-7-9-3-4-13(7)11-6;8-5-6-1-2-7-9-3-4-11(7)10-6;11-7(12)5-1-2-6-8-3-4-10(6)9-5;11-5-6-1-2-7-8-3-4-10(7)9-6;6-4-2-1-3(5(9)10)7-8-4;3-1-2-4;1-2-3;;;;/h2-5H,1H3;1-4H,5H2;1-4H,5,8H2;1-4H,(H,11,12);1-4,11H,5H2;1-2H,(H2,6,8)(H,9,10);2H,1H2;3H,2H2,1H3;1H4;;;/q;;;;;;;;;;+1;-1. The van der Waals surface area contributed by atoms with E-state index in [-0.39, 0.29) is 95.4 Å². The van der Waals surface area contributed by atoms with E-state index in [0.29, 0.717) is 29.8 Å². The molecule has 0 aromatic carbocycles. The number of hydrogen-bond acceptors (Lipinski definition) is 22. The number of nitrogen functional groups attached to an aromatic ring is 1. The number of aliphatic hydroxyl groups excluding tert-OH is 2. The second kappa shape index (κ2) is 37.4. The predicted molar refractivity (Wildman–Crippen MR) is 286 cm³/mol. The molecule has 11 heterocycles. The van der Waals surface area contributed by atoms with Crippen molar-refractivity contribution in [3.8, 4) is 0 Å². The van der Waals surface area contributed by atoms with Crippen LogP contribution in [0.5, 0.6) is 0 Å². The molecule has 80 heavy (non-hydrogen) atoms. The van der Waals surface area contributed by atoms with Crippen molar-refractivity contribution in [2.45, 2.75) is 34.0 Å². The first kappa shape index (κ1) is 68.6. The average molecular weight is 1130 g/mol. The van der Waals surface area contributed by atoms with Crippen molar-refractivity contribution in [3.63, 3.8) is 0 Å². The molecule has 0 saturated heterocycles. The van der Waals surface area contributed by atoms with E-state index in [1.807, 2.05) is 24.3 Å². The Morgan fingerprint density at radius 2 is 1.01 bits per heavy atom. The number of azide groups is 1. The first-order valence-corrected chi connectivity index (χ1v) is 22.4. The molecule has 11 rings (SSSR count). The van der Waals surface area contributed by atoms with Gasteiger partial charge in [0.25, 0.3) is 0 Å². The van der Waals surface area contributed by atoms with Crippen LogP contribution in [0.4, 0.5) is 5.82 Å². The maximum atomic E-state index is 11.1. The summed E-state index contributed by atoms with van der Waals surface area (Å²) >= 11 is 4.82. The van der Waals surface area contributed by atoms with Gasteiger partial charge in [0.05, 0.1) is 43.2 Å². The minimum absolute atomic E-state index is 0. The fraction of sp³-hybridized carbons (Fsp3) is 0.174. The Labute approximate surface area is 483 Å². The number of methoxy groups -OCH3 is 1. The number of nitrogens with zero attached hydrogens (tertiary/aromatic N) is 20. The fourth-order valence-electron chi connectivity index (χ4n) is 5.36. The van der Waals surface area contributed by atoms with Crippen molar-refractivity contribution in [3.05, 3.63) is 179 Å². The van der Waals surface area contributed by atoms with Gasteiger partial charge >= 0.3 is 47.5 Å². The van der Waals surface area contributed by atoms with Gasteiger partial charge in [-0.2, -0.15) is 25.5 Å². The van der Waals surface area contributed by atoms with Gasteiger partial charge in [-0.15, -0.1) is 21.8 Å². The third-order valence-electron chi connectivity index (χ3n) is 8.69. The number of esters is 1. The second-order valence-corrected chi connectivity index (χ2v) is 14.2. The van der Waals surface area contributed by atoms with E-state index in [0.717, 1.165) is 28.3 Å². The smallest absolute Gasteiger partial charge is 1.00 e. The molecule has 0 fully saturated rings. The summed E-state index contributed by atoms with van der Waals surface area (Å²) in [5, 5.41) is 63.5. The van der Waals surface area contributed by atoms with Gasteiger partial charge < -0.3 is 42.9 Å². The van der Waals surface area contributed by atoms with Gasteiger partial charge in [-0.25, -0.2) is 61.9 Å². The molecule has 34 heteroatoms. The number of anilines is 1. The number of fused-ring (bicyclic) bond motifs is 5. The first-order chi connectivity index (χ1) is 37.3. The minimum atomic E-state index is -1.10. The van der Waals surface area contributed by atoms with Gasteiger partial charge in [0, 0.05) is 88.4 Å². The maximum Gasteiger partial charge on any atom is 1.00 e. The summed E-state index contributed by atoms with van der Waals surface area (Å²) in [5.41, 5.74) is 24.9. The molecule has 3 radical (unpaired) electrons. The zero-order valence-electron chi connectivity index (χ0n) is 43.2. The molecule has 31 nitrogen and oxygen atoms in total. The average Bonchev–Trinajstić information content (AvgIpc) is 4.34. The molecule has 11 aromatic heterocycles. The van der Waals surface area contributed by atoms with Crippen molar-refractivity contribution in [2.75, 3.05) is 25.3 Å². The van der Waals surface area contributed by atoms with E-state index in [4.69, 9.17) is 53.8 Å².